The van der Waals surface area contributed by atoms with Gasteiger partial charge in [-0.2, -0.15) is 0 Å². The van der Waals surface area contributed by atoms with Crippen LogP contribution >= 0.6 is 0 Å². The molecule has 4 rings (SSSR count). The van der Waals surface area contributed by atoms with Gasteiger partial charge < -0.3 is 10.1 Å². The number of nitrogens with zero attached hydrogens (tertiary/aromatic N) is 3. The van der Waals surface area contributed by atoms with Crippen LogP contribution in [0.2, 0.25) is 0 Å². The van der Waals surface area contributed by atoms with Gasteiger partial charge in [0.1, 0.15) is 0 Å². The molecule has 1 aromatic carbocycles. The Labute approximate surface area is 149 Å². The minimum atomic E-state index is 0.304. The largest absolute Gasteiger partial charge is 0.376 e. The standard InChI is InChI=1S/C20H26N4O/c1-24(18-9-16-5-2-3-6-17(16)10-18)14-15-11-21-20(22-12-15)23-13-19-7-4-8-25-19/h2-3,5-6,11-12,18-19H,4,7-10,13-14H2,1H3,(H,21,22,23)/t19-/m1/s1. The molecule has 2 heterocycles. The highest BCUT2D eigenvalue weighted by molar-refractivity contribution is 5.33. The van der Waals surface area contributed by atoms with Crippen molar-refractivity contribution in [2.75, 3.05) is 25.5 Å². The molecule has 0 amide bonds. The lowest BCUT2D eigenvalue weighted by molar-refractivity contribution is 0.120. The van der Waals surface area contributed by atoms with Crippen molar-refractivity contribution in [2.45, 2.75) is 44.4 Å². The first-order valence-corrected chi connectivity index (χ1v) is 9.21. The number of hydrogen-bond donors (Lipinski definition) is 1. The molecule has 2 aromatic rings. The third kappa shape index (κ3) is 3.99. The third-order valence-electron chi connectivity index (χ3n) is 5.30. The summed E-state index contributed by atoms with van der Waals surface area (Å²) in [6.07, 6.45) is 8.72. The van der Waals surface area contributed by atoms with Crippen molar-refractivity contribution in [3.8, 4) is 0 Å². The Bertz CT molecular complexity index is 672. The topological polar surface area (TPSA) is 50.3 Å². The van der Waals surface area contributed by atoms with Crippen molar-refractivity contribution in [3.63, 3.8) is 0 Å². The van der Waals surface area contributed by atoms with Gasteiger partial charge in [-0.3, -0.25) is 4.90 Å². The van der Waals surface area contributed by atoms with Gasteiger partial charge in [0.2, 0.25) is 5.95 Å². The Kier molecular flexibility index (Phi) is 4.95. The molecule has 1 fully saturated rings. The number of anilines is 1. The van der Waals surface area contributed by atoms with Crippen molar-refractivity contribution in [2.24, 2.45) is 0 Å². The molecule has 0 spiro atoms. The van der Waals surface area contributed by atoms with Crippen LogP contribution in [-0.2, 0) is 24.1 Å². The van der Waals surface area contributed by atoms with E-state index in [1.54, 1.807) is 0 Å². The second kappa shape index (κ2) is 7.50. The molecule has 1 aliphatic carbocycles. The number of aromatic nitrogens is 2. The van der Waals surface area contributed by atoms with Crippen molar-refractivity contribution < 1.29 is 4.74 Å². The van der Waals surface area contributed by atoms with Gasteiger partial charge in [-0.25, -0.2) is 9.97 Å². The fraction of sp³-hybridized carbons (Fsp3) is 0.500. The molecule has 0 radical (unpaired) electrons. The Morgan fingerprint density at radius 3 is 2.52 bits per heavy atom. The Hall–Kier alpha value is -1.98. The summed E-state index contributed by atoms with van der Waals surface area (Å²) in [5.74, 6) is 0.690. The first kappa shape index (κ1) is 16.5. The maximum atomic E-state index is 5.61. The summed E-state index contributed by atoms with van der Waals surface area (Å²) in [6.45, 7) is 2.55. The molecule has 1 saturated heterocycles. The molecule has 132 valence electrons. The highest BCUT2D eigenvalue weighted by atomic mass is 16.5. The molecule has 25 heavy (non-hydrogen) atoms. The maximum Gasteiger partial charge on any atom is 0.222 e. The maximum absolute atomic E-state index is 5.61. The van der Waals surface area contributed by atoms with E-state index in [1.165, 1.54) is 11.1 Å². The lowest BCUT2D eigenvalue weighted by Crippen LogP contribution is -2.31. The molecule has 5 nitrogen and oxygen atoms in total. The second-order valence-corrected chi connectivity index (χ2v) is 7.18. The number of benzene rings is 1. The average Bonchev–Trinajstić information content (AvgIpc) is 3.30. The molecular weight excluding hydrogens is 312 g/mol. The second-order valence-electron chi connectivity index (χ2n) is 7.18. The first-order valence-electron chi connectivity index (χ1n) is 9.21. The average molecular weight is 338 g/mol. The summed E-state index contributed by atoms with van der Waals surface area (Å²) in [6, 6.07) is 9.34. The number of rotatable bonds is 6. The molecule has 0 bridgehead atoms. The van der Waals surface area contributed by atoms with Crippen LogP contribution in [0.3, 0.4) is 0 Å². The lowest BCUT2D eigenvalue weighted by Gasteiger charge is -2.23. The van der Waals surface area contributed by atoms with Crippen molar-refractivity contribution in [3.05, 3.63) is 53.3 Å². The van der Waals surface area contributed by atoms with E-state index >= 15 is 0 Å². The normalized spacial score (nSPS) is 20.2. The molecule has 5 heteroatoms. The summed E-state index contributed by atoms with van der Waals surface area (Å²) in [4.78, 5) is 11.3. The zero-order chi connectivity index (χ0) is 17.1. The predicted molar refractivity (Wildman–Crippen MR) is 98.6 cm³/mol. The molecular formula is C20H26N4O. The highest BCUT2D eigenvalue weighted by Crippen LogP contribution is 2.25. The van der Waals surface area contributed by atoms with Gasteiger partial charge in [-0.05, 0) is 43.9 Å². The molecule has 2 aliphatic rings. The van der Waals surface area contributed by atoms with Crippen LogP contribution in [0, 0.1) is 0 Å². The van der Waals surface area contributed by atoms with Gasteiger partial charge >= 0.3 is 0 Å². The van der Waals surface area contributed by atoms with E-state index in [0.29, 0.717) is 18.1 Å². The zero-order valence-corrected chi connectivity index (χ0v) is 14.8. The smallest absolute Gasteiger partial charge is 0.222 e. The van der Waals surface area contributed by atoms with Crippen LogP contribution in [0.1, 0.15) is 29.5 Å². The minimum Gasteiger partial charge on any atom is -0.376 e. The van der Waals surface area contributed by atoms with E-state index in [1.807, 2.05) is 12.4 Å². The SMILES string of the molecule is CN(Cc1cnc(NC[C@H]2CCCO2)nc1)C1Cc2ccccc2C1. The zero-order valence-electron chi connectivity index (χ0n) is 14.8. The van der Waals surface area contributed by atoms with E-state index in [-0.39, 0.29) is 0 Å². The van der Waals surface area contributed by atoms with Crippen molar-refractivity contribution in [1.29, 1.82) is 0 Å². The number of nitrogens with one attached hydrogen (secondary N) is 1. The van der Waals surface area contributed by atoms with E-state index in [9.17, 15) is 0 Å². The molecule has 1 aliphatic heterocycles. The monoisotopic (exact) mass is 338 g/mol. The van der Waals surface area contributed by atoms with E-state index < -0.39 is 0 Å². The van der Waals surface area contributed by atoms with Crippen molar-refractivity contribution >= 4 is 5.95 Å². The van der Waals surface area contributed by atoms with Crippen LogP contribution in [0.4, 0.5) is 5.95 Å². The van der Waals surface area contributed by atoms with Crippen LogP contribution in [0.5, 0.6) is 0 Å². The Balaban J connectivity index is 1.29. The highest BCUT2D eigenvalue weighted by Gasteiger charge is 2.24. The van der Waals surface area contributed by atoms with Gasteiger partial charge in [0.05, 0.1) is 6.10 Å². The fourth-order valence-electron chi connectivity index (χ4n) is 3.80. The number of likely N-dealkylation sites (N-methyl/N-ethyl adjacent to an activating group) is 1. The predicted octanol–water partition coefficient (Wildman–Crippen LogP) is 2.67. The first-order chi connectivity index (χ1) is 12.3. The lowest BCUT2D eigenvalue weighted by atomic mass is 10.1. The van der Waals surface area contributed by atoms with Gasteiger partial charge in [-0.15, -0.1) is 0 Å². The molecule has 1 aromatic heterocycles. The molecule has 0 saturated carbocycles. The summed E-state index contributed by atoms with van der Waals surface area (Å²) >= 11 is 0. The summed E-state index contributed by atoms with van der Waals surface area (Å²) < 4.78 is 5.61. The van der Waals surface area contributed by atoms with Crippen LogP contribution in [0.25, 0.3) is 0 Å². The minimum absolute atomic E-state index is 0.304. The number of hydrogen-bond acceptors (Lipinski definition) is 5. The third-order valence-corrected chi connectivity index (χ3v) is 5.30. The fourth-order valence-corrected chi connectivity index (χ4v) is 3.80. The summed E-state index contributed by atoms with van der Waals surface area (Å²) in [5.41, 5.74) is 4.13. The van der Waals surface area contributed by atoms with Crippen molar-refractivity contribution in [1.82, 2.24) is 14.9 Å². The van der Waals surface area contributed by atoms with Gasteiger partial charge in [0.25, 0.3) is 0 Å². The molecule has 1 N–H and O–H groups in total. The Morgan fingerprint density at radius 2 is 1.88 bits per heavy atom. The number of fused-ring (bicyclic) bond motifs is 1. The number of ether oxygens (including phenoxy) is 1. The molecule has 0 unspecified atom stereocenters. The van der Waals surface area contributed by atoms with Crippen LogP contribution in [0.15, 0.2) is 36.7 Å². The quantitative estimate of drug-likeness (QED) is 0.877. The van der Waals surface area contributed by atoms with E-state index in [4.69, 9.17) is 4.74 Å². The van der Waals surface area contributed by atoms with Gasteiger partial charge in [0.15, 0.2) is 0 Å². The van der Waals surface area contributed by atoms with E-state index in [2.05, 4.69) is 51.5 Å². The van der Waals surface area contributed by atoms with E-state index in [0.717, 1.165) is 50.9 Å². The van der Waals surface area contributed by atoms with Crippen LogP contribution < -0.4 is 5.32 Å². The Morgan fingerprint density at radius 1 is 1.16 bits per heavy atom. The van der Waals surface area contributed by atoms with Gasteiger partial charge in [-0.1, -0.05) is 24.3 Å². The summed E-state index contributed by atoms with van der Waals surface area (Å²) in [7, 11) is 2.19. The summed E-state index contributed by atoms with van der Waals surface area (Å²) in [5, 5.41) is 3.27. The van der Waals surface area contributed by atoms with Crippen LogP contribution in [-0.4, -0.2) is 47.2 Å². The molecule has 1 atom stereocenters. The van der Waals surface area contributed by atoms with Gasteiger partial charge in [0, 0.05) is 43.7 Å².